The molecule has 0 unspecified atom stereocenters. The molecule has 4 heterocycles. The number of nitrogens with zero attached hydrogens (tertiary/aromatic N) is 5. The highest BCUT2D eigenvalue weighted by Crippen LogP contribution is 2.44. The van der Waals surface area contributed by atoms with Crippen LogP contribution in [0.2, 0.25) is 0 Å². The fourth-order valence-corrected chi connectivity index (χ4v) is 4.97. The van der Waals surface area contributed by atoms with E-state index in [1.807, 2.05) is 6.07 Å². The highest BCUT2D eigenvalue weighted by molar-refractivity contribution is 5.85. The number of hydrogen-bond donors (Lipinski definition) is 1. The van der Waals surface area contributed by atoms with Gasteiger partial charge in [0.2, 0.25) is 0 Å². The Balaban J connectivity index is 1.47. The van der Waals surface area contributed by atoms with Gasteiger partial charge in [-0.3, -0.25) is 9.30 Å². The topological polar surface area (TPSA) is 72.3 Å². The maximum absolute atomic E-state index is 14.6. The Morgan fingerprint density at radius 3 is 2.50 bits per heavy atom. The fourth-order valence-electron chi connectivity index (χ4n) is 4.97. The molecule has 1 aromatic carbocycles. The molecular weight excluding hydrogens is 448 g/mol. The third kappa shape index (κ3) is 3.61. The molecule has 1 aliphatic carbocycles. The second-order valence-electron chi connectivity index (χ2n) is 9.21. The van der Waals surface area contributed by atoms with Gasteiger partial charge in [0.15, 0.2) is 11.5 Å². The Hall–Kier alpha value is -3.11. The monoisotopic (exact) mass is 470 g/mol. The number of hydrogen-bond acceptors (Lipinski definition) is 5. The molecule has 6 nitrogen and oxygen atoms in total. The predicted octanol–water partition coefficient (Wildman–Crippen LogP) is 4.60. The van der Waals surface area contributed by atoms with Crippen molar-refractivity contribution >= 4 is 16.6 Å². The highest BCUT2D eigenvalue weighted by atomic mass is 19.4. The molecule has 1 saturated heterocycles. The molecule has 0 bridgehead atoms. The highest BCUT2D eigenvalue weighted by Gasteiger charge is 2.46. The molecule has 34 heavy (non-hydrogen) atoms. The normalized spacial score (nSPS) is 20.4. The van der Waals surface area contributed by atoms with Crippen LogP contribution in [-0.2, 0) is 0 Å². The van der Waals surface area contributed by atoms with E-state index in [4.69, 9.17) is 5.73 Å². The van der Waals surface area contributed by atoms with Gasteiger partial charge in [0.25, 0.3) is 0 Å². The molecule has 0 amide bonds. The number of rotatable bonds is 4. The number of likely N-dealkylation sites (tertiary alicyclic amines) is 1. The molecule has 1 aliphatic heterocycles. The van der Waals surface area contributed by atoms with Crippen LogP contribution in [0, 0.1) is 5.82 Å². The summed E-state index contributed by atoms with van der Waals surface area (Å²) in [6.07, 6.45) is -0.695. The van der Waals surface area contributed by atoms with Gasteiger partial charge in [-0.2, -0.15) is 13.2 Å². The predicted molar refractivity (Wildman–Crippen MR) is 119 cm³/mol. The van der Waals surface area contributed by atoms with Crippen molar-refractivity contribution < 1.29 is 17.6 Å². The minimum atomic E-state index is -4.47. The molecule has 0 spiro atoms. The third-order valence-electron chi connectivity index (χ3n) is 6.74. The lowest BCUT2D eigenvalue weighted by Gasteiger charge is -2.30. The van der Waals surface area contributed by atoms with Crippen molar-refractivity contribution in [2.24, 2.45) is 5.73 Å². The average molecular weight is 470 g/mol. The number of aromatic nitrogens is 4. The summed E-state index contributed by atoms with van der Waals surface area (Å²) in [5, 5.41) is 9.13. The van der Waals surface area contributed by atoms with Gasteiger partial charge in [-0.15, -0.1) is 10.2 Å². The Labute approximate surface area is 192 Å². The van der Waals surface area contributed by atoms with Gasteiger partial charge < -0.3 is 5.73 Å². The van der Waals surface area contributed by atoms with Gasteiger partial charge in [-0.05, 0) is 55.0 Å². The van der Waals surface area contributed by atoms with Gasteiger partial charge in [0.1, 0.15) is 17.6 Å². The van der Waals surface area contributed by atoms with Crippen LogP contribution in [0.25, 0.3) is 28.1 Å². The number of benzene rings is 1. The first kappa shape index (κ1) is 21.4. The Morgan fingerprint density at radius 1 is 1.00 bits per heavy atom. The van der Waals surface area contributed by atoms with Gasteiger partial charge in [0, 0.05) is 36.3 Å². The van der Waals surface area contributed by atoms with Crippen LogP contribution in [0.4, 0.5) is 17.6 Å². The van der Waals surface area contributed by atoms with Gasteiger partial charge in [-0.1, -0.05) is 12.1 Å². The van der Waals surface area contributed by atoms with Crippen LogP contribution in [0.5, 0.6) is 0 Å². The van der Waals surface area contributed by atoms with Crippen LogP contribution < -0.4 is 5.73 Å². The van der Waals surface area contributed by atoms with E-state index in [1.165, 1.54) is 33.7 Å². The summed E-state index contributed by atoms with van der Waals surface area (Å²) in [4.78, 5) is 6.06. The maximum Gasteiger partial charge on any atom is 0.408 e. The van der Waals surface area contributed by atoms with E-state index in [0.29, 0.717) is 34.7 Å². The van der Waals surface area contributed by atoms with Crippen LogP contribution in [0.3, 0.4) is 0 Å². The number of nitrogens with two attached hydrogens (primary N) is 1. The Kier molecular flexibility index (Phi) is 4.86. The molecule has 4 aromatic rings. The summed E-state index contributed by atoms with van der Waals surface area (Å²) in [7, 11) is 0. The average Bonchev–Trinajstić information content (AvgIpc) is 3.40. The first-order valence-corrected chi connectivity index (χ1v) is 11.3. The van der Waals surface area contributed by atoms with Crippen molar-refractivity contribution in [3.63, 3.8) is 0 Å². The van der Waals surface area contributed by atoms with E-state index in [0.717, 1.165) is 18.2 Å². The van der Waals surface area contributed by atoms with E-state index >= 15 is 0 Å². The molecule has 0 radical (unpaired) electrons. The summed E-state index contributed by atoms with van der Waals surface area (Å²) in [6, 6.07) is 7.61. The number of fused-ring (bicyclic) bond motifs is 2. The maximum atomic E-state index is 14.6. The number of alkyl halides is 3. The van der Waals surface area contributed by atoms with Crippen LogP contribution in [0.15, 0.2) is 42.6 Å². The van der Waals surface area contributed by atoms with E-state index in [1.54, 1.807) is 12.1 Å². The van der Waals surface area contributed by atoms with Gasteiger partial charge in [0.05, 0.1) is 5.52 Å². The van der Waals surface area contributed by atoms with Crippen molar-refractivity contribution in [1.29, 1.82) is 0 Å². The van der Waals surface area contributed by atoms with E-state index in [9.17, 15) is 17.6 Å². The molecule has 2 fully saturated rings. The fraction of sp³-hybridized carbons (Fsp3) is 0.375. The summed E-state index contributed by atoms with van der Waals surface area (Å²) < 4.78 is 58.4. The molecule has 2 aliphatic rings. The van der Waals surface area contributed by atoms with Crippen molar-refractivity contribution in [1.82, 2.24) is 24.5 Å². The summed E-state index contributed by atoms with van der Waals surface area (Å²) in [5.74, 6) is 0.168. The van der Waals surface area contributed by atoms with E-state index in [-0.39, 0.29) is 36.4 Å². The molecular formula is C24H22F4N6. The zero-order valence-corrected chi connectivity index (χ0v) is 18.1. The molecule has 6 rings (SSSR count). The lowest BCUT2D eigenvalue weighted by Crippen LogP contribution is -2.38. The van der Waals surface area contributed by atoms with Gasteiger partial charge >= 0.3 is 6.18 Å². The van der Waals surface area contributed by atoms with Crippen LogP contribution in [-0.4, -0.2) is 49.8 Å². The second kappa shape index (κ2) is 7.71. The summed E-state index contributed by atoms with van der Waals surface area (Å²) >= 11 is 0. The largest absolute Gasteiger partial charge is 0.408 e. The first-order valence-electron chi connectivity index (χ1n) is 11.3. The standard InChI is InChI=1S/C24H22F4N6/c25-17-6-3-14-4-7-18(30-21(14)20(17)13-1-2-13)23-32-31-19-8-5-15(11-34(19)23)22(24(26,27)28)33-10-9-16(29)12-33/h3-8,11,13,16,22H,1-2,9-10,12,29H2/t16-,22+/m0/s1. The van der Waals surface area contributed by atoms with Crippen LogP contribution in [0.1, 0.15) is 42.3 Å². The lowest BCUT2D eigenvalue weighted by molar-refractivity contribution is -0.183. The van der Waals surface area contributed by atoms with Gasteiger partial charge in [-0.25, -0.2) is 9.37 Å². The van der Waals surface area contributed by atoms with Crippen molar-refractivity contribution in [3.05, 3.63) is 59.5 Å². The minimum absolute atomic E-state index is 0.0839. The lowest BCUT2D eigenvalue weighted by atomic mass is 10.0. The molecule has 176 valence electrons. The zero-order valence-electron chi connectivity index (χ0n) is 18.1. The molecule has 2 atom stereocenters. The molecule has 1 saturated carbocycles. The quantitative estimate of drug-likeness (QED) is 0.442. The number of halogens is 4. The summed E-state index contributed by atoms with van der Waals surface area (Å²) in [6.45, 7) is 0.457. The third-order valence-corrected chi connectivity index (χ3v) is 6.74. The Bertz CT molecular complexity index is 1390. The van der Waals surface area contributed by atoms with Crippen molar-refractivity contribution in [2.45, 2.75) is 43.4 Å². The minimum Gasteiger partial charge on any atom is -0.326 e. The summed E-state index contributed by atoms with van der Waals surface area (Å²) in [5.41, 5.74) is 7.95. The van der Waals surface area contributed by atoms with Crippen molar-refractivity contribution in [3.8, 4) is 11.5 Å². The first-order chi connectivity index (χ1) is 16.3. The Morgan fingerprint density at radius 2 is 1.79 bits per heavy atom. The molecule has 10 heteroatoms. The zero-order chi connectivity index (χ0) is 23.6. The van der Waals surface area contributed by atoms with Crippen molar-refractivity contribution in [2.75, 3.05) is 13.1 Å². The van der Waals surface area contributed by atoms with E-state index < -0.39 is 12.2 Å². The number of pyridine rings is 2. The van der Waals surface area contributed by atoms with E-state index in [2.05, 4.69) is 15.2 Å². The SMILES string of the molecule is N[C@H]1CCN([C@H](c2ccc3nnc(-c4ccc5ccc(F)c(C6CC6)c5n4)n3c2)C(F)(F)F)C1. The molecule has 3 aromatic heterocycles. The second-order valence-corrected chi connectivity index (χ2v) is 9.21. The smallest absolute Gasteiger partial charge is 0.326 e. The molecule has 2 N–H and O–H groups in total. The van der Waals surface area contributed by atoms with Crippen LogP contribution >= 0.6 is 0 Å².